The summed E-state index contributed by atoms with van der Waals surface area (Å²) in [5, 5.41) is 14.2. The van der Waals surface area contributed by atoms with E-state index in [0.717, 1.165) is 13.0 Å². The molecule has 0 saturated heterocycles. The van der Waals surface area contributed by atoms with Gasteiger partial charge in [-0.05, 0) is 32.5 Å². The number of nitrogens with zero attached hydrogens (tertiary/aromatic N) is 3. The van der Waals surface area contributed by atoms with Crippen LogP contribution in [0.15, 0.2) is 23.5 Å². The molecule has 0 radical (unpaired) electrons. The molecule has 0 saturated carbocycles. The molecule has 21 heavy (non-hydrogen) atoms. The molecule has 0 aliphatic carbocycles. The largest absolute Gasteiger partial charge is 0.409 e. The highest BCUT2D eigenvalue weighted by molar-refractivity contribution is 5.98. The molecule has 0 aliphatic rings. The van der Waals surface area contributed by atoms with E-state index in [1.807, 2.05) is 7.05 Å². The van der Waals surface area contributed by atoms with Crippen molar-refractivity contribution in [3.05, 3.63) is 29.6 Å². The second-order valence-electron chi connectivity index (χ2n) is 4.91. The third-order valence-corrected chi connectivity index (χ3v) is 3.49. The highest BCUT2D eigenvalue weighted by Gasteiger charge is 2.10. The highest BCUT2D eigenvalue weighted by Crippen LogP contribution is 2.01. The van der Waals surface area contributed by atoms with Crippen LogP contribution in [0.5, 0.6) is 0 Å². The molecule has 0 bridgehead atoms. The van der Waals surface area contributed by atoms with Crippen LogP contribution in [0.1, 0.15) is 36.3 Å². The number of hydrogen-bond acceptors (Lipinski definition) is 5. The van der Waals surface area contributed by atoms with Crippen LogP contribution < -0.4 is 11.1 Å². The van der Waals surface area contributed by atoms with Crippen LogP contribution in [0.3, 0.4) is 0 Å². The van der Waals surface area contributed by atoms with Crippen LogP contribution in [0.4, 0.5) is 0 Å². The van der Waals surface area contributed by atoms with Gasteiger partial charge in [0.15, 0.2) is 5.84 Å². The van der Waals surface area contributed by atoms with Crippen molar-refractivity contribution in [2.45, 2.75) is 26.3 Å². The van der Waals surface area contributed by atoms with Crippen molar-refractivity contribution in [1.82, 2.24) is 15.2 Å². The van der Waals surface area contributed by atoms with Crippen molar-refractivity contribution < 1.29 is 10.0 Å². The van der Waals surface area contributed by atoms with Crippen molar-refractivity contribution in [2.75, 3.05) is 20.1 Å². The second kappa shape index (κ2) is 8.21. The lowest BCUT2D eigenvalue weighted by Crippen LogP contribution is -2.37. The first-order valence-corrected chi connectivity index (χ1v) is 6.92. The van der Waals surface area contributed by atoms with Gasteiger partial charge in [0.05, 0.1) is 0 Å². The summed E-state index contributed by atoms with van der Waals surface area (Å²) in [7, 11) is 2.03. The van der Waals surface area contributed by atoms with Crippen molar-refractivity contribution in [3.8, 4) is 0 Å². The first-order chi connectivity index (χ1) is 9.99. The van der Waals surface area contributed by atoms with Gasteiger partial charge in [-0.2, -0.15) is 0 Å². The van der Waals surface area contributed by atoms with Gasteiger partial charge in [0.2, 0.25) is 0 Å². The molecular weight excluding hydrogens is 270 g/mol. The van der Waals surface area contributed by atoms with Crippen molar-refractivity contribution in [3.63, 3.8) is 0 Å². The van der Waals surface area contributed by atoms with Gasteiger partial charge in [-0.15, -0.1) is 0 Å². The zero-order chi connectivity index (χ0) is 15.8. The molecular formula is C14H23N5O2. The van der Waals surface area contributed by atoms with Gasteiger partial charge in [0, 0.05) is 30.9 Å². The summed E-state index contributed by atoms with van der Waals surface area (Å²) in [4.78, 5) is 18.1. The molecule has 7 heteroatoms. The zero-order valence-electron chi connectivity index (χ0n) is 12.7. The minimum absolute atomic E-state index is 0.0374. The first kappa shape index (κ1) is 16.9. The van der Waals surface area contributed by atoms with Gasteiger partial charge < -0.3 is 21.2 Å². The van der Waals surface area contributed by atoms with Gasteiger partial charge in [0.25, 0.3) is 5.91 Å². The summed E-state index contributed by atoms with van der Waals surface area (Å²) in [6.07, 6.45) is 2.47. The van der Waals surface area contributed by atoms with E-state index in [0.29, 0.717) is 23.8 Å². The van der Waals surface area contributed by atoms with Gasteiger partial charge >= 0.3 is 0 Å². The molecule has 0 aliphatic heterocycles. The van der Waals surface area contributed by atoms with Gasteiger partial charge in [-0.1, -0.05) is 12.1 Å². The Balaban J connectivity index is 2.49. The molecule has 7 nitrogen and oxygen atoms in total. The molecule has 0 spiro atoms. The van der Waals surface area contributed by atoms with E-state index >= 15 is 0 Å². The predicted molar refractivity (Wildman–Crippen MR) is 81.5 cm³/mol. The summed E-state index contributed by atoms with van der Waals surface area (Å²) < 4.78 is 0. The van der Waals surface area contributed by atoms with Crippen LogP contribution in [-0.2, 0) is 0 Å². The number of likely N-dealkylation sites (N-methyl/N-ethyl adjacent to an activating group) is 1. The molecule has 0 fully saturated rings. The van der Waals surface area contributed by atoms with Gasteiger partial charge in [-0.3, -0.25) is 9.78 Å². The Labute approximate surface area is 124 Å². The second-order valence-corrected chi connectivity index (χ2v) is 4.91. The standard InChI is InChI=1S/C14H23N5O2/c1-4-10(2)19(3)8-7-16-14(20)12-6-5-11(9-17-12)13(15)18-21/h5-6,9-10,21H,4,7-8H2,1-3H3,(H2,15,18)(H,16,20). The third-order valence-electron chi connectivity index (χ3n) is 3.49. The fraction of sp³-hybridized carbons (Fsp3) is 0.500. The number of nitrogens with one attached hydrogen (secondary N) is 1. The SMILES string of the molecule is CCC(C)N(C)CCNC(=O)c1ccc(/C(N)=N/O)cn1. The van der Waals surface area contributed by atoms with Crippen LogP contribution in [-0.4, -0.2) is 53.0 Å². The predicted octanol–water partition coefficient (Wildman–Crippen LogP) is 0.636. The van der Waals surface area contributed by atoms with Gasteiger partial charge in [-0.25, -0.2) is 0 Å². The monoisotopic (exact) mass is 293 g/mol. The normalized spacial score (nSPS) is 13.2. The molecule has 1 aromatic rings. The number of amides is 1. The lowest BCUT2D eigenvalue weighted by molar-refractivity contribution is 0.0942. The van der Waals surface area contributed by atoms with Crippen LogP contribution >= 0.6 is 0 Å². The number of aromatic nitrogens is 1. The molecule has 1 heterocycles. The number of carbonyl (C=O) groups is 1. The molecule has 1 aromatic heterocycles. The van der Waals surface area contributed by atoms with E-state index in [9.17, 15) is 4.79 Å². The minimum Gasteiger partial charge on any atom is -0.409 e. The molecule has 1 amide bonds. The number of pyridine rings is 1. The van der Waals surface area contributed by atoms with E-state index in [4.69, 9.17) is 10.9 Å². The molecule has 0 aromatic carbocycles. The maximum atomic E-state index is 11.9. The number of oxime groups is 1. The topological polar surface area (TPSA) is 104 Å². The fourth-order valence-electron chi connectivity index (χ4n) is 1.71. The Hall–Kier alpha value is -2.15. The average Bonchev–Trinajstić information content (AvgIpc) is 2.53. The smallest absolute Gasteiger partial charge is 0.269 e. The minimum atomic E-state index is -0.237. The number of carbonyl (C=O) groups excluding carboxylic acids is 1. The maximum Gasteiger partial charge on any atom is 0.269 e. The van der Waals surface area contributed by atoms with Crippen LogP contribution in [0.25, 0.3) is 0 Å². The van der Waals surface area contributed by atoms with Crippen molar-refractivity contribution in [1.29, 1.82) is 0 Å². The molecule has 1 rings (SSSR count). The van der Waals surface area contributed by atoms with Crippen molar-refractivity contribution >= 4 is 11.7 Å². The molecule has 1 atom stereocenters. The summed E-state index contributed by atoms with van der Waals surface area (Å²) in [5.74, 6) is -0.275. The van der Waals surface area contributed by atoms with Crippen LogP contribution in [0, 0.1) is 0 Å². The highest BCUT2D eigenvalue weighted by atomic mass is 16.4. The number of amidine groups is 1. The molecule has 4 N–H and O–H groups in total. The van der Waals surface area contributed by atoms with E-state index < -0.39 is 0 Å². The van der Waals surface area contributed by atoms with Crippen molar-refractivity contribution in [2.24, 2.45) is 10.9 Å². The number of rotatable bonds is 7. The third kappa shape index (κ3) is 5.03. The summed E-state index contributed by atoms with van der Waals surface area (Å²) in [6, 6.07) is 3.61. The Morgan fingerprint density at radius 1 is 1.57 bits per heavy atom. The molecule has 1 unspecified atom stereocenters. The number of nitrogens with two attached hydrogens (primary N) is 1. The van der Waals surface area contributed by atoms with E-state index in [1.54, 1.807) is 12.1 Å². The summed E-state index contributed by atoms with van der Waals surface area (Å²) in [5.41, 5.74) is 6.19. The van der Waals surface area contributed by atoms with Gasteiger partial charge in [0.1, 0.15) is 5.69 Å². The Morgan fingerprint density at radius 3 is 2.81 bits per heavy atom. The van der Waals surface area contributed by atoms with E-state index in [1.165, 1.54) is 6.20 Å². The fourth-order valence-corrected chi connectivity index (χ4v) is 1.71. The Kier molecular flexibility index (Phi) is 6.61. The average molecular weight is 293 g/mol. The van der Waals surface area contributed by atoms with Crippen LogP contribution in [0.2, 0.25) is 0 Å². The maximum absolute atomic E-state index is 11.9. The van der Waals surface area contributed by atoms with E-state index in [-0.39, 0.29) is 11.7 Å². The molecule has 116 valence electrons. The first-order valence-electron chi connectivity index (χ1n) is 6.92. The summed E-state index contributed by atoms with van der Waals surface area (Å²) >= 11 is 0. The Bertz CT molecular complexity index is 487. The lowest BCUT2D eigenvalue weighted by Gasteiger charge is -2.23. The quantitative estimate of drug-likeness (QED) is 0.296. The Morgan fingerprint density at radius 2 is 2.29 bits per heavy atom. The van der Waals surface area contributed by atoms with E-state index in [2.05, 4.69) is 34.2 Å². The number of hydrogen-bond donors (Lipinski definition) is 3. The zero-order valence-corrected chi connectivity index (χ0v) is 12.7. The lowest BCUT2D eigenvalue weighted by atomic mass is 10.2. The summed E-state index contributed by atoms with van der Waals surface area (Å²) in [6.45, 7) is 5.62.